The van der Waals surface area contributed by atoms with E-state index in [1.54, 1.807) is 0 Å². The Morgan fingerprint density at radius 3 is 2.76 bits per heavy atom. The first-order valence-corrected chi connectivity index (χ1v) is 5.88. The first kappa shape index (κ1) is 13.3. The minimum atomic E-state index is 0.251. The second kappa shape index (κ2) is 6.73. The van der Waals surface area contributed by atoms with E-state index >= 15 is 0 Å². The Morgan fingerprint density at radius 2 is 2.18 bits per heavy atom. The SMILES string of the molecule is CCCc1ccc(CCC/C(N)=N/O)nc1N. The number of amidine groups is 1. The van der Waals surface area contributed by atoms with Gasteiger partial charge < -0.3 is 16.7 Å². The number of rotatable bonds is 6. The normalized spacial score (nSPS) is 11.7. The summed E-state index contributed by atoms with van der Waals surface area (Å²) in [4.78, 5) is 4.35. The first-order valence-electron chi connectivity index (χ1n) is 5.88. The molecule has 5 heteroatoms. The van der Waals surface area contributed by atoms with Crippen molar-refractivity contribution in [3.05, 3.63) is 23.4 Å². The zero-order valence-electron chi connectivity index (χ0n) is 10.2. The van der Waals surface area contributed by atoms with E-state index in [0.29, 0.717) is 12.2 Å². The Labute approximate surface area is 102 Å². The van der Waals surface area contributed by atoms with Gasteiger partial charge in [-0.25, -0.2) is 4.98 Å². The molecule has 1 aromatic rings. The highest BCUT2D eigenvalue weighted by molar-refractivity contribution is 5.79. The summed E-state index contributed by atoms with van der Waals surface area (Å²) in [5.74, 6) is 0.869. The van der Waals surface area contributed by atoms with Crippen LogP contribution in [0, 0.1) is 0 Å². The topological polar surface area (TPSA) is 97.5 Å². The molecule has 0 aliphatic heterocycles. The van der Waals surface area contributed by atoms with Crippen LogP contribution < -0.4 is 11.5 Å². The fourth-order valence-corrected chi connectivity index (χ4v) is 1.67. The number of aryl methyl sites for hydroxylation is 2. The van der Waals surface area contributed by atoms with Gasteiger partial charge in [0.2, 0.25) is 0 Å². The third-order valence-corrected chi connectivity index (χ3v) is 2.58. The monoisotopic (exact) mass is 236 g/mol. The molecule has 94 valence electrons. The van der Waals surface area contributed by atoms with Crippen molar-refractivity contribution >= 4 is 11.7 Å². The summed E-state index contributed by atoms with van der Waals surface area (Å²) in [6.45, 7) is 2.12. The highest BCUT2D eigenvalue weighted by atomic mass is 16.4. The molecule has 0 unspecified atom stereocenters. The van der Waals surface area contributed by atoms with Crippen LogP contribution in [-0.4, -0.2) is 16.0 Å². The highest BCUT2D eigenvalue weighted by Crippen LogP contribution is 2.13. The van der Waals surface area contributed by atoms with Crippen LogP contribution in [0.25, 0.3) is 0 Å². The van der Waals surface area contributed by atoms with Crippen LogP contribution in [0.4, 0.5) is 5.82 Å². The van der Waals surface area contributed by atoms with Crippen LogP contribution in [0.1, 0.15) is 37.4 Å². The van der Waals surface area contributed by atoms with Crippen LogP contribution in [0.3, 0.4) is 0 Å². The molecular formula is C12H20N4O. The van der Waals surface area contributed by atoms with Crippen molar-refractivity contribution in [2.75, 3.05) is 5.73 Å². The van der Waals surface area contributed by atoms with Crippen molar-refractivity contribution in [2.24, 2.45) is 10.9 Å². The van der Waals surface area contributed by atoms with Gasteiger partial charge >= 0.3 is 0 Å². The molecule has 0 saturated carbocycles. The number of aromatic nitrogens is 1. The predicted octanol–water partition coefficient (Wildman–Crippen LogP) is 1.69. The molecule has 1 rings (SSSR count). The zero-order chi connectivity index (χ0) is 12.7. The first-order chi connectivity index (χ1) is 8.17. The summed E-state index contributed by atoms with van der Waals surface area (Å²) in [6.07, 6.45) is 4.18. The molecule has 0 atom stereocenters. The summed E-state index contributed by atoms with van der Waals surface area (Å²) in [5.41, 5.74) is 13.3. The molecule has 0 aromatic carbocycles. The molecule has 0 amide bonds. The lowest BCUT2D eigenvalue weighted by Crippen LogP contribution is -2.11. The van der Waals surface area contributed by atoms with E-state index in [1.165, 1.54) is 0 Å². The Balaban J connectivity index is 2.52. The molecule has 0 fully saturated rings. The number of nitrogens with zero attached hydrogens (tertiary/aromatic N) is 2. The van der Waals surface area contributed by atoms with Gasteiger partial charge in [-0.1, -0.05) is 24.6 Å². The zero-order valence-corrected chi connectivity index (χ0v) is 10.2. The maximum atomic E-state index is 8.40. The lowest BCUT2D eigenvalue weighted by atomic mass is 10.1. The number of pyridine rings is 1. The van der Waals surface area contributed by atoms with Crippen molar-refractivity contribution in [1.29, 1.82) is 0 Å². The van der Waals surface area contributed by atoms with Gasteiger partial charge in [0.25, 0.3) is 0 Å². The van der Waals surface area contributed by atoms with Crippen molar-refractivity contribution in [3.8, 4) is 0 Å². The van der Waals surface area contributed by atoms with Crippen molar-refractivity contribution in [1.82, 2.24) is 4.98 Å². The smallest absolute Gasteiger partial charge is 0.139 e. The molecule has 1 aromatic heterocycles. The van der Waals surface area contributed by atoms with Crippen LogP contribution in [0.2, 0.25) is 0 Å². The summed E-state index contributed by atoms with van der Waals surface area (Å²) < 4.78 is 0. The Kier molecular flexibility index (Phi) is 5.26. The maximum absolute atomic E-state index is 8.40. The van der Waals surface area contributed by atoms with Crippen LogP contribution in [0.15, 0.2) is 17.3 Å². The van der Waals surface area contributed by atoms with Crippen LogP contribution in [0.5, 0.6) is 0 Å². The minimum Gasteiger partial charge on any atom is -0.409 e. The number of nitrogens with two attached hydrogens (primary N) is 2. The summed E-state index contributed by atoms with van der Waals surface area (Å²) in [5, 5.41) is 11.3. The average Bonchev–Trinajstić information content (AvgIpc) is 2.32. The van der Waals surface area contributed by atoms with Gasteiger partial charge in [-0.15, -0.1) is 0 Å². The molecule has 17 heavy (non-hydrogen) atoms. The third kappa shape index (κ3) is 4.30. The van der Waals surface area contributed by atoms with Crippen molar-refractivity contribution < 1.29 is 5.21 Å². The molecule has 0 radical (unpaired) electrons. The molecular weight excluding hydrogens is 216 g/mol. The Morgan fingerprint density at radius 1 is 1.41 bits per heavy atom. The lowest BCUT2D eigenvalue weighted by Gasteiger charge is -2.06. The van der Waals surface area contributed by atoms with Gasteiger partial charge in [0, 0.05) is 12.1 Å². The van der Waals surface area contributed by atoms with Crippen LogP contribution >= 0.6 is 0 Å². The second-order valence-corrected chi connectivity index (χ2v) is 4.04. The summed E-state index contributed by atoms with van der Waals surface area (Å²) in [7, 11) is 0. The van der Waals surface area contributed by atoms with E-state index < -0.39 is 0 Å². The Bertz CT molecular complexity index is 390. The fraction of sp³-hybridized carbons (Fsp3) is 0.500. The standard InChI is InChI=1S/C12H20N4O/c1-2-4-9-7-8-10(15-12(9)14)5-3-6-11(13)16-17/h7-8,17H,2-6H2,1H3,(H2,13,16)(H2,14,15). The van der Waals surface area contributed by atoms with Gasteiger partial charge in [-0.05, 0) is 30.9 Å². The minimum absolute atomic E-state index is 0.251. The molecule has 5 nitrogen and oxygen atoms in total. The highest BCUT2D eigenvalue weighted by Gasteiger charge is 2.02. The molecule has 0 bridgehead atoms. The fourth-order valence-electron chi connectivity index (χ4n) is 1.67. The summed E-state index contributed by atoms with van der Waals surface area (Å²) >= 11 is 0. The summed E-state index contributed by atoms with van der Waals surface area (Å²) in [6, 6.07) is 4.03. The molecule has 0 saturated heterocycles. The number of anilines is 1. The number of nitrogen functional groups attached to an aromatic ring is 1. The van der Waals surface area contributed by atoms with E-state index in [4.69, 9.17) is 16.7 Å². The lowest BCUT2D eigenvalue weighted by molar-refractivity contribution is 0.316. The van der Waals surface area contributed by atoms with Gasteiger partial charge in [-0.2, -0.15) is 0 Å². The van der Waals surface area contributed by atoms with Gasteiger partial charge in [0.05, 0.1) is 0 Å². The average molecular weight is 236 g/mol. The van der Waals surface area contributed by atoms with E-state index in [2.05, 4.69) is 17.1 Å². The van der Waals surface area contributed by atoms with Crippen molar-refractivity contribution in [3.63, 3.8) is 0 Å². The van der Waals surface area contributed by atoms with E-state index in [9.17, 15) is 0 Å². The van der Waals surface area contributed by atoms with Crippen molar-refractivity contribution in [2.45, 2.75) is 39.0 Å². The number of oxime groups is 1. The van der Waals surface area contributed by atoms with E-state index in [-0.39, 0.29) is 5.84 Å². The molecule has 0 aliphatic carbocycles. The van der Waals surface area contributed by atoms with E-state index in [0.717, 1.165) is 36.9 Å². The van der Waals surface area contributed by atoms with Gasteiger partial charge in [-0.3, -0.25) is 0 Å². The van der Waals surface area contributed by atoms with E-state index in [1.807, 2.05) is 12.1 Å². The third-order valence-electron chi connectivity index (χ3n) is 2.58. The molecule has 0 spiro atoms. The maximum Gasteiger partial charge on any atom is 0.139 e. The molecule has 0 aliphatic rings. The Hall–Kier alpha value is -1.78. The van der Waals surface area contributed by atoms with Gasteiger partial charge in [0.1, 0.15) is 11.7 Å². The number of hydrogen-bond acceptors (Lipinski definition) is 4. The second-order valence-electron chi connectivity index (χ2n) is 4.04. The largest absolute Gasteiger partial charge is 0.409 e. The number of hydrogen-bond donors (Lipinski definition) is 3. The van der Waals surface area contributed by atoms with Gasteiger partial charge in [0.15, 0.2) is 0 Å². The predicted molar refractivity (Wildman–Crippen MR) is 69.0 cm³/mol. The quantitative estimate of drug-likeness (QED) is 0.303. The molecule has 5 N–H and O–H groups in total. The molecule has 1 heterocycles. The van der Waals surface area contributed by atoms with Crippen LogP contribution in [-0.2, 0) is 12.8 Å².